The molecule has 0 saturated heterocycles. The van der Waals surface area contributed by atoms with Crippen molar-refractivity contribution in [2.45, 2.75) is 13.5 Å². The molecule has 0 aliphatic carbocycles. The Morgan fingerprint density at radius 1 is 1.03 bits per heavy atom. The van der Waals surface area contributed by atoms with Crippen LogP contribution in [0.15, 0.2) is 73.3 Å². The highest BCUT2D eigenvalue weighted by atomic mass is 16.6. The fourth-order valence-electron chi connectivity index (χ4n) is 2.98. The Balaban J connectivity index is 1.66. The van der Waals surface area contributed by atoms with Crippen molar-refractivity contribution >= 4 is 11.4 Å². The average Bonchev–Trinajstić information content (AvgIpc) is 2.77. The van der Waals surface area contributed by atoms with Crippen LogP contribution in [-0.2, 0) is 6.54 Å². The zero-order valence-corrected chi connectivity index (χ0v) is 17.5. The second-order valence-corrected chi connectivity index (χ2v) is 6.75. The van der Waals surface area contributed by atoms with Gasteiger partial charge in [-0.25, -0.2) is 0 Å². The second-order valence-electron chi connectivity index (χ2n) is 6.75. The van der Waals surface area contributed by atoms with Crippen LogP contribution in [0.4, 0.5) is 11.4 Å². The van der Waals surface area contributed by atoms with E-state index >= 15 is 0 Å². The first-order valence-corrected chi connectivity index (χ1v) is 9.67. The molecule has 3 aromatic carbocycles. The Morgan fingerprint density at radius 2 is 1.74 bits per heavy atom. The number of ether oxygens (including phenoxy) is 3. The molecule has 0 fully saturated rings. The second kappa shape index (κ2) is 10.2. The summed E-state index contributed by atoms with van der Waals surface area (Å²) >= 11 is 0. The Kier molecular flexibility index (Phi) is 7.11. The minimum absolute atomic E-state index is 0.100. The molecule has 31 heavy (non-hydrogen) atoms. The van der Waals surface area contributed by atoms with Gasteiger partial charge in [-0.1, -0.05) is 30.9 Å². The molecular weight excluding hydrogens is 396 g/mol. The number of rotatable bonds is 10. The van der Waals surface area contributed by atoms with Crippen LogP contribution in [0.2, 0.25) is 0 Å². The lowest BCUT2D eigenvalue weighted by atomic mass is 10.1. The van der Waals surface area contributed by atoms with E-state index in [1.807, 2.05) is 30.3 Å². The maximum Gasteiger partial charge on any atom is 0.274 e. The third kappa shape index (κ3) is 5.76. The van der Waals surface area contributed by atoms with Crippen molar-refractivity contribution in [1.29, 1.82) is 0 Å². The molecule has 7 heteroatoms. The fraction of sp³-hybridized carbons (Fsp3) is 0.167. The minimum Gasteiger partial charge on any atom is -0.496 e. The molecule has 0 radical (unpaired) electrons. The third-order valence-electron chi connectivity index (χ3n) is 4.60. The summed E-state index contributed by atoms with van der Waals surface area (Å²) in [6, 6.07) is 17.9. The lowest BCUT2D eigenvalue weighted by molar-refractivity contribution is -0.385. The third-order valence-corrected chi connectivity index (χ3v) is 4.60. The number of hydrogen-bond donors (Lipinski definition) is 1. The molecule has 1 N–H and O–H groups in total. The van der Waals surface area contributed by atoms with Gasteiger partial charge in [0.1, 0.15) is 29.6 Å². The number of nitro groups is 1. The van der Waals surface area contributed by atoms with Gasteiger partial charge in [0.15, 0.2) is 0 Å². The summed E-state index contributed by atoms with van der Waals surface area (Å²) in [7, 11) is 1.58. The van der Waals surface area contributed by atoms with E-state index in [2.05, 4.69) is 11.9 Å². The predicted molar refractivity (Wildman–Crippen MR) is 120 cm³/mol. The van der Waals surface area contributed by atoms with Crippen molar-refractivity contribution in [2.75, 3.05) is 19.0 Å². The fourth-order valence-corrected chi connectivity index (χ4v) is 2.98. The highest BCUT2D eigenvalue weighted by molar-refractivity contribution is 5.59. The van der Waals surface area contributed by atoms with Gasteiger partial charge in [-0.3, -0.25) is 10.1 Å². The SMILES string of the molecule is C=CCOc1cc(OC)cc(Oc2ccc(CNc3cccc([N+](=O)[O-])c3C)cc2)c1. The number of benzene rings is 3. The maximum absolute atomic E-state index is 11.1. The summed E-state index contributed by atoms with van der Waals surface area (Å²) in [6.07, 6.45) is 1.67. The number of hydrogen-bond acceptors (Lipinski definition) is 6. The van der Waals surface area contributed by atoms with Gasteiger partial charge in [0.05, 0.1) is 12.0 Å². The highest BCUT2D eigenvalue weighted by Gasteiger charge is 2.13. The Hall–Kier alpha value is -4.00. The van der Waals surface area contributed by atoms with Crippen molar-refractivity contribution < 1.29 is 19.1 Å². The predicted octanol–water partition coefficient (Wildman–Crippen LogP) is 5.88. The molecule has 0 saturated carbocycles. The van der Waals surface area contributed by atoms with Crippen LogP contribution in [0, 0.1) is 17.0 Å². The Bertz CT molecular complexity index is 1060. The lowest BCUT2D eigenvalue weighted by Gasteiger charge is -2.12. The van der Waals surface area contributed by atoms with Crippen LogP contribution in [0.25, 0.3) is 0 Å². The van der Waals surface area contributed by atoms with Crippen LogP contribution in [0.3, 0.4) is 0 Å². The van der Waals surface area contributed by atoms with Gasteiger partial charge in [0, 0.05) is 42.1 Å². The first kappa shape index (κ1) is 21.7. The zero-order chi connectivity index (χ0) is 22.2. The summed E-state index contributed by atoms with van der Waals surface area (Å²) in [6.45, 7) is 6.30. The van der Waals surface area contributed by atoms with E-state index in [4.69, 9.17) is 14.2 Å². The molecule has 0 heterocycles. The molecule has 3 aromatic rings. The van der Waals surface area contributed by atoms with Crippen LogP contribution >= 0.6 is 0 Å². The van der Waals surface area contributed by atoms with Gasteiger partial charge < -0.3 is 19.5 Å². The van der Waals surface area contributed by atoms with Crippen LogP contribution in [-0.4, -0.2) is 18.6 Å². The van der Waals surface area contributed by atoms with Gasteiger partial charge in [-0.05, 0) is 30.7 Å². The molecule has 7 nitrogen and oxygen atoms in total. The van der Waals surface area contributed by atoms with E-state index in [1.165, 1.54) is 6.07 Å². The van der Waals surface area contributed by atoms with Crippen molar-refractivity contribution in [3.8, 4) is 23.0 Å². The molecule has 0 atom stereocenters. The van der Waals surface area contributed by atoms with E-state index in [1.54, 1.807) is 44.4 Å². The number of methoxy groups -OCH3 is 1. The largest absolute Gasteiger partial charge is 0.496 e. The van der Waals surface area contributed by atoms with E-state index in [0.717, 1.165) is 11.3 Å². The first-order valence-electron chi connectivity index (χ1n) is 9.67. The number of nitrogens with zero attached hydrogens (tertiary/aromatic N) is 1. The van der Waals surface area contributed by atoms with Crippen LogP contribution in [0.5, 0.6) is 23.0 Å². The van der Waals surface area contributed by atoms with E-state index in [0.29, 0.717) is 41.7 Å². The van der Waals surface area contributed by atoms with E-state index in [-0.39, 0.29) is 10.6 Å². The Morgan fingerprint density at radius 3 is 2.42 bits per heavy atom. The van der Waals surface area contributed by atoms with E-state index < -0.39 is 0 Å². The van der Waals surface area contributed by atoms with Crippen LogP contribution < -0.4 is 19.5 Å². The minimum atomic E-state index is -0.376. The molecule has 0 spiro atoms. The smallest absolute Gasteiger partial charge is 0.274 e. The number of anilines is 1. The highest BCUT2D eigenvalue weighted by Crippen LogP contribution is 2.31. The monoisotopic (exact) mass is 420 g/mol. The summed E-state index contributed by atoms with van der Waals surface area (Å²) in [5.74, 6) is 2.52. The normalized spacial score (nSPS) is 10.3. The van der Waals surface area contributed by atoms with Gasteiger partial charge >= 0.3 is 0 Å². The van der Waals surface area contributed by atoms with Gasteiger partial charge in [-0.2, -0.15) is 0 Å². The summed E-state index contributed by atoms with van der Waals surface area (Å²) < 4.78 is 16.8. The Labute approximate surface area is 181 Å². The number of nitrogens with one attached hydrogen (secondary N) is 1. The van der Waals surface area contributed by atoms with Crippen molar-refractivity contribution in [2.24, 2.45) is 0 Å². The topological polar surface area (TPSA) is 82.9 Å². The first-order chi connectivity index (χ1) is 15.0. The molecule has 0 aliphatic heterocycles. The number of nitro benzene ring substituents is 1. The molecule has 0 aromatic heterocycles. The van der Waals surface area contributed by atoms with Crippen molar-refractivity contribution in [1.82, 2.24) is 0 Å². The molecule has 160 valence electrons. The van der Waals surface area contributed by atoms with Gasteiger partial charge in [0.2, 0.25) is 0 Å². The molecule has 0 amide bonds. The van der Waals surface area contributed by atoms with Crippen LogP contribution in [0.1, 0.15) is 11.1 Å². The summed E-state index contributed by atoms with van der Waals surface area (Å²) in [5.41, 5.74) is 2.46. The van der Waals surface area contributed by atoms with Crippen molar-refractivity contribution in [3.63, 3.8) is 0 Å². The van der Waals surface area contributed by atoms with Gasteiger partial charge in [0.25, 0.3) is 5.69 Å². The molecule has 0 bridgehead atoms. The summed E-state index contributed by atoms with van der Waals surface area (Å²) in [5, 5.41) is 14.3. The van der Waals surface area contributed by atoms with E-state index in [9.17, 15) is 10.1 Å². The quantitative estimate of drug-likeness (QED) is 0.250. The standard InChI is InChI=1S/C24H24N2O5/c1-4-12-30-21-13-20(29-3)14-22(15-21)31-19-10-8-18(9-11-19)16-25-23-6-5-7-24(17(23)2)26(27)28/h4-11,13-15,25H,1,12,16H2,2-3H3. The molecule has 0 aliphatic rings. The maximum atomic E-state index is 11.1. The van der Waals surface area contributed by atoms with Crippen molar-refractivity contribution in [3.05, 3.63) is 94.6 Å². The molecule has 3 rings (SSSR count). The molecular formula is C24H24N2O5. The zero-order valence-electron chi connectivity index (χ0n) is 17.5. The van der Waals surface area contributed by atoms with Gasteiger partial charge in [-0.15, -0.1) is 0 Å². The lowest BCUT2D eigenvalue weighted by Crippen LogP contribution is -2.02. The molecule has 0 unspecified atom stereocenters. The summed E-state index contributed by atoms with van der Waals surface area (Å²) in [4.78, 5) is 10.7. The average molecular weight is 420 g/mol.